The van der Waals surface area contributed by atoms with Crippen molar-refractivity contribution in [3.05, 3.63) is 29.8 Å². The van der Waals surface area contributed by atoms with Gasteiger partial charge in [0.15, 0.2) is 0 Å². The minimum Gasteiger partial charge on any atom is -0.491 e. The van der Waals surface area contributed by atoms with Crippen LogP contribution in [0.25, 0.3) is 0 Å². The topological polar surface area (TPSA) is 18.5 Å². The molecule has 15 heavy (non-hydrogen) atoms. The van der Waals surface area contributed by atoms with Crippen LogP contribution in [0.5, 0.6) is 5.75 Å². The largest absolute Gasteiger partial charge is 0.491 e. The van der Waals surface area contributed by atoms with Gasteiger partial charge in [-0.05, 0) is 30.4 Å². The molecule has 2 nitrogen and oxygen atoms in total. The van der Waals surface area contributed by atoms with E-state index in [9.17, 15) is 0 Å². The lowest BCUT2D eigenvalue weighted by molar-refractivity contribution is 0.00605. The minimum absolute atomic E-state index is 0.264. The van der Waals surface area contributed by atoms with Gasteiger partial charge in [-0.3, -0.25) is 0 Å². The van der Waals surface area contributed by atoms with Crippen molar-refractivity contribution in [3.8, 4) is 5.75 Å². The van der Waals surface area contributed by atoms with Crippen molar-refractivity contribution in [2.24, 2.45) is 5.92 Å². The molecule has 2 aliphatic rings. The Morgan fingerprint density at radius 2 is 2.13 bits per heavy atom. The van der Waals surface area contributed by atoms with Gasteiger partial charge in [0.05, 0.1) is 6.10 Å². The van der Waals surface area contributed by atoms with Gasteiger partial charge in [0.1, 0.15) is 12.4 Å². The standard InChI is InChI=1S/C13H16O2/c1-2-4-13-11(3-1)7-12(9-15-13)14-8-10-5-6-10/h1-4,10,12H,5-9H2. The molecule has 1 fully saturated rings. The van der Waals surface area contributed by atoms with Crippen molar-refractivity contribution in [3.63, 3.8) is 0 Å². The summed E-state index contributed by atoms with van der Waals surface area (Å²) in [5.41, 5.74) is 1.28. The highest BCUT2D eigenvalue weighted by Crippen LogP contribution is 2.31. The molecule has 1 unspecified atom stereocenters. The van der Waals surface area contributed by atoms with Crippen LogP contribution in [-0.2, 0) is 11.2 Å². The van der Waals surface area contributed by atoms with Crippen molar-refractivity contribution in [1.82, 2.24) is 0 Å². The summed E-state index contributed by atoms with van der Waals surface area (Å²) in [5, 5.41) is 0. The molecule has 2 heteroatoms. The first kappa shape index (κ1) is 9.22. The lowest BCUT2D eigenvalue weighted by Gasteiger charge is -2.25. The van der Waals surface area contributed by atoms with Crippen LogP contribution in [0.1, 0.15) is 18.4 Å². The van der Waals surface area contributed by atoms with Gasteiger partial charge in [0.2, 0.25) is 0 Å². The summed E-state index contributed by atoms with van der Waals surface area (Å²) < 4.78 is 11.5. The van der Waals surface area contributed by atoms with Crippen LogP contribution in [0.15, 0.2) is 24.3 Å². The third kappa shape index (κ3) is 2.15. The fraction of sp³-hybridized carbons (Fsp3) is 0.538. The van der Waals surface area contributed by atoms with E-state index in [0.29, 0.717) is 6.61 Å². The molecular formula is C13H16O2. The maximum atomic E-state index is 5.84. The van der Waals surface area contributed by atoms with Crippen LogP contribution >= 0.6 is 0 Å². The van der Waals surface area contributed by atoms with Gasteiger partial charge in [-0.2, -0.15) is 0 Å². The van der Waals surface area contributed by atoms with Crippen LogP contribution in [0, 0.1) is 5.92 Å². The van der Waals surface area contributed by atoms with E-state index in [-0.39, 0.29) is 6.10 Å². The molecule has 0 amide bonds. The molecule has 0 bridgehead atoms. The summed E-state index contributed by atoms with van der Waals surface area (Å²) >= 11 is 0. The molecule has 1 aliphatic carbocycles. The number of benzene rings is 1. The van der Waals surface area contributed by atoms with E-state index in [1.54, 1.807) is 0 Å². The van der Waals surface area contributed by atoms with E-state index in [4.69, 9.17) is 9.47 Å². The van der Waals surface area contributed by atoms with Crippen LogP contribution in [-0.4, -0.2) is 19.3 Å². The van der Waals surface area contributed by atoms with Crippen LogP contribution in [0.2, 0.25) is 0 Å². The Hall–Kier alpha value is -1.02. The number of fused-ring (bicyclic) bond motifs is 1. The Bertz CT molecular complexity index is 344. The smallest absolute Gasteiger partial charge is 0.122 e. The zero-order chi connectivity index (χ0) is 10.1. The van der Waals surface area contributed by atoms with E-state index < -0.39 is 0 Å². The van der Waals surface area contributed by atoms with Gasteiger partial charge in [-0.1, -0.05) is 18.2 Å². The number of hydrogen-bond donors (Lipinski definition) is 0. The summed E-state index contributed by atoms with van der Waals surface area (Å²) in [6.45, 7) is 1.64. The van der Waals surface area contributed by atoms with Gasteiger partial charge in [-0.25, -0.2) is 0 Å². The molecule has 1 aromatic carbocycles. The quantitative estimate of drug-likeness (QED) is 0.752. The molecule has 1 aromatic rings. The molecular weight excluding hydrogens is 188 g/mol. The second kappa shape index (κ2) is 3.86. The number of ether oxygens (including phenoxy) is 2. The maximum Gasteiger partial charge on any atom is 0.122 e. The van der Waals surface area contributed by atoms with Crippen molar-refractivity contribution in [2.45, 2.75) is 25.4 Å². The number of rotatable bonds is 3. The predicted octanol–water partition coefficient (Wildman–Crippen LogP) is 2.42. The van der Waals surface area contributed by atoms with Gasteiger partial charge < -0.3 is 9.47 Å². The Morgan fingerprint density at radius 3 is 3.00 bits per heavy atom. The summed E-state index contributed by atoms with van der Waals surface area (Å²) in [5.74, 6) is 1.87. The molecule has 0 N–H and O–H groups in total. The lowest BCUT2D eigenvalue weighted by atomic mass is 10.0. The van der Waals surface area contributed by atoms with Crippen LogP contribution in [0.3, 0.4) is 0 Å². The summed E-state index contributed by atoms with van der Waals surface area (Å²) in [6.07, 6.45) is 3.97. The van der Waals surface area contributed by atoms with E-state index >= 15 is 0 Å². The average Bonchev–Trinajstić information content (AvgIpc) is 3.10. The molecule has 1 aliphatic heterocycles. The highest BCUT2D eigenvalue weighted by atomic mass is 16.5. The molecule has 80 valence electrons. The normalized spacial score (nSPS) is 24.4. The Kier molecular flexibility index (Phi) is 2.37. The van der Waals surface area contributed by atoms with Crippen molar-refractivity contribution in [1.29, 1.82) is 0 Å². The van der Waals surface area contributed by atoms with Crippen LogP contribution < -0.4 is 4.74 Å². The van der Waals surface area contributed by atoms with Gasteiger partial charge in [-0.15, -0.1) is 0 Å². The first-order valence-corrected chi connectivity index (χ1v) is 5.74. The molecule has 0 aromatic heterocycles. The van der Waals surface area contributed by atoms with E-state index in [1.807, 2.05) is 12.1 Å². The lowest BCUT2D eigenvalue weighted by Crippen LogP contribution is -2.29. The minimum atomic E-state index is 0.264. The fourth-order valence-electron chi connectivity index (χ4n) is 1.96. The van der Waals surface area contributed by atoms with Gasteiger partial charge in [0.25, 0.3) is 0 Å². The Labute approximate surface area is 90.2 Å². The van der Waals surface area contributed by atoms with E-state index in [1.165, 1.54) is 18.4 Å². The zero-order valence-corrected chi connectivity index (χ0v) is 8.82. The monoisotopic (exact) mass is 204 g/mol. The first-order valence-electron chi connectivity index (χ1n) is 5.74. The zero-order valence-electron chi connectivity index (χ0n) is 8.82. The number of hydrogen-bond acceptors (Lipinski definition) is 2. The van der Waals surface area contributed by atoms with Crippen molar-refractivity contribution in [2.75, 3.05) is 13.2 Å². The molecule has 1 atom stereocenters. The second-order valence-corrected chi connectivity index (χ2v) is 4.52. The summed E-state index contributed by atoms with van der Waals surface area (Å²) in [7, 11) is 0. The second-order valence-electron chi connectivity index (χ2n) is 4.52. The maximum absolute atomic E-state index is 5.84. The molecule has 0 spiro atoms. The SMILES string of the molecule is c1ccc2c(c1)CC(OCC1CC1)CO2. The molecule has 0 saturated heterocycles. The number of para-hydroxylation sites is 1. The molecule has 3 rings (SSSR count). The van der Waals surface area contributed by atoms with E-state index in [0.717, 1.165) is 24.7 Å². The van der Waals surface area contributed by atoms with Crippen molar-refractivity contribution < 1.29 is 9.47 Å². The van der Waals surface area contributed by atoms with Crippen molar-refractivity contribution >= 4 is 0 Å². The summed E-state index contributed by atoms with van der Waals surface area (Å²) in [6, 6.07) is 8.24. The Balaban J connectivity index is 1.61. The third-order valence-electron chi connectivity index (χ3n) is 3.11. The summed E-state index contributed by atoms with van der Waals surface area (Å²) in [4.78, 5) is 0. The highest BCUT2D eigenvalue weighted by Gasteiger charge is 2.25. The van der Waals surface area contributed by atoms with Gasteiger partial charge in [0, 0.05) is 13.0 Å². The molecule has 0 radical (unpaired) electrons. The molecule has 1 saturated carbocycles. The van der Waals surface area contributed by atoms with E-state index in [2.05, 4.69) is 12.1 Å². The fourth-order valence-corrected chi connectivity index (χ4v) is 1.96. The highest BCUT2D eigenvalue weighted by molar-refractivity contribution is 5.35. The Morgan fingerprint density at radius 1 is 1.27 bits per heavy atom. The van der Waals surface area contributed by atoms with Gasteiger partial charge >= 0.3 is 0 Å². The predicted molar refractivity (Wildman–Crippen MR) is 58.1 cm³/mol. The first-order chi connectivity index (χ1) is 7.42. The average molecular weight is 204 g/mol. The molecule has 1 heterocycles. The third-order valence-corrected chi connectivity index (χ3v) is 3.11. The van der Waals surface area contributed by atoms with Crippen LogP contribution in [0.4, 0.5) is 0 Å².